The van der Waals surface area contributed by atoms with Crippen molar-refractivity contribution in [2.24, 2.45) is 5.73 Å². The lowest BCUT2D eigenvalue weighted by molar-refractivity contribution is 0.718. The summed E-state index contributed by atoms with van der Waals surface area (Å²) in [7, 11) is 0. The van der Waals surface area contributed by atoms with Gasteiger partial charge in [-0.25, -0.2) is 4.98 Å². The number of halogens is 1. The summed E-state index contributed by atoms with van der Waals surface area (Å²) in [5.74, 6) is 0. The number of nitrogens with zero attached hydrogens (tertiary/aromatic N) is 1. The number of aryl methyl sites for hydroxylation is 2. The third-order valence-electron chi connectivity index (χ3n) is 3.72. The first-order valence-electron chi connectivity index (χ1n) is 6.90. The van der Waals surface area contributed by atoms with E-state index < -0.39 is 0 Å². The average Bonchev–Trinajstić information content (AvgIpc) is 2.76. The molecule has 1 atom stereocenters. The molecule has 1 heterocycles. The molecule has 0 saturated heterocycles. The molecule has 0 aliphatic carbocycles. The van der Waals surface area contributed by atoms with Crippen molar-refractivity contribution >= 4 is 38.0 Å². The minimum Gasteiger partial charge on any atom is -0.324 e. The third kappa shape index (κ3) is 3.18. The zero-order valence-electron chi connectivity index (χ0n) is 12.1. The summed E-state index contributed by atoms with van der Waals surface area (Å²) in [6, 6.07) is 12.7. The Morgan fingerprint density at radius 2 is 1.86 bits per heavy atom. The largest absolute Gasteiger partial charge is 0.324 e. The Labute approximate surface area is 137 Å². The van der Waals surface area contributed by atoms with E-state index in [0.29, 0.717) is 0 Å². The van der Waals surface area contributed by atoms with E-state index in [2.05, 4.69) is 71.2 Å². The Hall–Kier alpha value is -1.23. The van der Waals surface area contributed by atoms with Crippen molar-refractivity contribution in [3.8, 4) is 0 Å². The summed E-state index contributed by atoms with van der Waals surface area (Å²) in [4.78, 5) is 5.86. The molecule has 0 bridgehead atoms. The molecular weight excluding hydrogens is 344 g/mol. The molecule has 0 aliphatic rings. The molecule has 21 heavy (non-hydrogen) atoms. The van der Waals surface area contributed by atoms with Gasteiger partial charge < -0.3 is 5.73 Å². The van der Waals surface area contributed by atoms with E-state index >= 15 is 0 Å². The lowest BCUT2D eigenvalue weighted by atomic mass is 10.0. The maximum Gasteiger partial charge on any atom is 0.0949 e. The quantitative estimate of drug-likeness (QED) is 0.719. The highest BCUT2D eigenvalue weighted by Crippen LogP contribution is 2.26. The summed E-state index contributed by atoms with van der Waals surface area (Å²) < 4.78 is 1.10. The van der Waals surface area contributed by atoms with Crippen LogP contribution in [-0.4, -0.2) is 4.98 Å². The second kappa shape index (κ2) is 5.87. The molecule has 2 nitrogen and oxygen atoms in total. The third-order valence-corrected chi connectivity index (χ3v) is 5.31. The first-order chi connectivity index (χ1) is 10.0. The highest BCUT2D eigenvalue weighted by molar-refractivity contribution is 9.10. The molecule has 0 radical (unpaired) electrons. The maximum atomic E-state index is 6.36. The number of hydrogen-bond acceptors (Lipinski definition) is 3. The van der Waals surface area contributed by atoms with E-state index in [1.807, 2.05) is 0 Å². The molecule has 2 aromatic carbocycles. The van der Waals surface area contributed by atoms with E-state index in [9.17, 15) is 0 Å². The average molecular weight is 361 g/mol. The second-order valence-electron chi connectivity index (χ2n) is 5.31. The number of nitrogens with two attached hydrogens (primary N) is 1. The van der Waals surface area contributed by atoms with Crippen molar-refractivity contribution in [3.63, 3.8) is 0 Å². The van der Waals surface area contributed by atoms with Crippen LogP contribution in [0.4, 0.5) is 0 Å². The van der Waals surface area contributed by atoms with Crippen LogP contribution in [0.25, 0.3) is 10.8 Å². The zero-order chi connectivity index (χ0) is 15.0. The number of thiazole rings is 1. The molecule has 3 aromatic rings. The Bertz CT molecular complexity index is 775. The van der Waals surface area contributed by atoms with Gasteiger partial charge in [-0.05, 0) is 48.4 Å². The van der Waals surface area contributed by atoms with Crippen LogP contribution in [0.2, 0.25) is 0 Å². The van der Waals surface area contributed by atoms with Gasteiger partial charge in [-0.3, -0.25) is 0 Å². The van der Waals surface area contributed by atoms with Crippen LogP contribution in [0.15, 0.2) is 40.9 Å². The van der Waals surface area contributed by atoms with Gasteiger partial charge in [0.15, 0.2) is 0 Å². The number of rotatable bonds is 3. The monoisotopic (exact) mass is 360 g/mol. The first-order valence-corrected chi connectivity index (χ1v) is 8.51. The molecule has 0 amide bonds. The number of fused-ring (bicyclic) bond motifs is 1. The molecule has 1 aromatic heterocycles. The van der Waals surface area contributed by atoms with Crippen molar-refractivity contribution in [2.45, 2.75) is 26.3 Å². The van der Waals surface area contributed by atoms with Gasteiger partial charge in [-0.2, -0.15) is 0 Å². The molecular formula is C17H17BrN2S. The lowest BCUT2D eigenvalue weighted by Crippen LogP contribution is -2.13. The fourth-order valence-electron chi connectivity index (χ4n) is 2.40. The van der Waals surface area contributed by atoms with Crippen LogP contribution in [0.3, 0.4) is 0 Å². The predicted octanol–water partition coefficient (Wildman–Crippen LogP) is 4.92. The van der Waals surface area contributed by atoms with Gasteiger partial charge in [0, 0.05) is 21.8 Å². The van der Waals surface area contributed by atoms with E-state index in [1.54, 1.807) is 11.3 Å². The second-order valence-corrected chi connectivity index (χ2v) is 7.51. The molecule has 0 saturated carbocycles. The van der Waals surface area contributed by atoms with Gasteiger partial charge in [0.1, 0.15) is 0 Å². The van der Waals surface area contributed by atoms with Crippen LogP contribution in [0.5, 0.6) is 0 Å². The summed E-state index contributed by atoms with van der Waals surface area (Å²) in [6.07, 6.45) is 0.793. The molecule has 108 valence electrons. The number of benzene rings is 2. The highest BCUT2D eigenvalue weighted by Gasteiger charge is 2.11. The van der Waals surface area contributed by atoms with Crippen molar-refractivity contribution in [1.82, 2.24) is 4.98 Å². The normalized spacial score (nSPS) is 12.8. The van der Waals surface area contributed by atoms with Crippen molar-refractivity contribution in [1.29, 1.82) is 0 Å². The molecule has 3 rings (SSSR count). The number of hydrogen-bond donors (Lipinski definition) is 1. The molecule has 2 N–H and O–H groups in total. The van der Waals surface area contributed by atoms with Crippen molar-refractivity contribution < 1.29 is 0 Å². The topological polar surface area (TPSA) is 38.9 Å². The Balaban J connectivity index is 1.87. The summed E-state index contributed by atoms with van der Waals surface area (Å²) in [6.45, 7) is 4.16. The Kier molecular flexibility index (Phi) is 4.11. The van der Waals surface area contributed by atoms with Crippen molar-refractivity contribution in [3.05, 3.63) is 62.0 Å². The van der Waals surface area contributed by atoms with Crippen molar-refractivity contribution in [2.75, 3.05) is 0 Å². The minimum atomic E-state index is -0.0111. The summed E-state index contributed by atoms with van der Waals surface area (Å²) in [5, 5.41) is 3.56. The van der Waals surface area contributed by atoms with Crippen LogP contribution in [0, 0.1) is 13.8 Å². The van der Waals surface area contributed by atoms with E-state index in [1.165, 1.54) is 15.6 Å². The van der Waals surface area contributed by atoms with Gasteiger partial charge in [-0.15, -0.1) is 11.3 Å². The van der Waals surface area contributed by atoms with Crippen LogP contribution < -0.4 is 5.73 Å². The van der Waals surface area contributed by atoms with Gasteiger partial charge in [0.05, 0.1) is 10.7 Å². The molecule has 1 unspecified atom stereocenters. The fraction of sp³-hybridized carbons (Fsp3) is 0.235. The lowest BCUT2D eigenvalue weighted by Gasteiger charge is -2.11. The Morgan fingerprint density at radius 3 is 2.57 bits per heavy atom. The zero-order valence-corrected chi connectivity index (χ0v) is 14.5. The highest BCUT2D eigenvalue weighted by atomic mass is 79.9. The van der Waals surface area contributed by atoms with Gasteiger partial charge in [0.2, 0.25) is 0 Å². The van der Waals surface area contributed by atoms with Gasteiger partial charge in [0.25, 0.3) is 0 Å². The predicted molar refractivity (Wildman–Crippen MR) is 93.9 cm³/mol. The van der Waals surface area contributed by atoms with E-state index in [-0.39, 0.29) is 6.04 Å². The smallest absolute Gasteiger partial charge is 0.0949 e. The number of aromatic nitrogens is 1. The molecule has 0 spiro atoms. The molecule has 4 heteroatoms. The minimum absolute atomic E-state index is 0.0111. The summed E-state index contributed by atoms with van der Waals surface area (Å²) >= 11 is 5.25. The fourth-order valence-corrected chi connectivity index (χ4v) is 3.77. The van der Waals surface area contributed by atoms with Gasteiger partial charge in [-0.1, -0.05) is 34.1 Å². The van der Waals surface area contributed by atoms with Crippen LogP contribution in [0.1, 0.15) is 27.2 Å². The van der Waals surface area contributed by atoms with Crippen LogP contribution in [-0.2, 0) is 6.42 Å². The van der Waals surface area contributed by atoms with Crippen LogP contribution >= 0.6 is 27.3 Å². The SMILES string of the molecule is Cc1nc(CC(N)c2ccc3cc(Br)ccc3c2)sc1C. The Morgan fingerprint density at radius 1 is 1.14 bits per heavy atom. The first kappa shape index (κ1) is 14.7. The molecule has 0 fully saturated rings. The van der Waals surface area contributed by atoms with E-state index in [4.69, 9.17) is 5.73 Å². The van der Waals surface area contributed by atoms with Gasteiger partial charge >= 0.3 is 0 Å². The maximum absolute atomic E-state index is 6.36. The summed E-state index contributed by atoms with van der Waals surface area (Å²) in [5.41, 5.74) is 8.64. The standard InChI is InChI=1S/C17H17BrN2S/c1-10-11(2)21-17(20-10)9-16(19)14-4-3-13-8-15(18)6-5-12(13)7-14/h3-8,16H,9,19H2,1-2H3. The van der Waals surface area contributed by atoms with E-state index in [0.717, 1.165) is 27.2 Å². The molecule has 0 aliphatic heterocycles.